The van der Waals surface area contributed by atoms with Crippen molar-refractivity contribution in [1.82, 2.24) is 15.5 Å². The van der Waals surface area contributed by atoms with Crippen LogP contribution in [0.3, 0.4) is 0 Å². The Balaban J connectivity index is 0.000000714. The Kier molecular flexibility index (Phi) is 38.3. The van der Waals surface area contributed by atoms with E-state index in [4.69, 9.17) is 46.1 Å². The van der Waals surface area contributed by atoms with E-state index >= 15 is 0 Å². The minimum absolute atomic E-state index is 0. The molecule has 0 spiro atoms. The average Bonchev–Trinajstić information content (AvgIpc) is 1.68. The molecule has 3 amide bonds. The van der Waals surface area contributed by atoms with Crippen LogP contribution in [0, 0.1) is 11.8 Å². The van der Waals surface area contributed by atoms with Crippen LogP contribution in [0.25, 0.3) is 33.4 Å². The van der Waals surface area contributed by atoms with Gasteiger partial charge in [0.2, 0.25) is 11.8 Å². The van der Waals surface area contributed by atoms with Gasteiger partial charge in [-0.2, -0.15) is 0 Å². The highest BCUT2D eigenvalue weighted by molar-refractivity contribution is 6.15. The molecule has 0 saturated heterocycles. The number of Topliss-reactive ketones (excluding diaryl/α,β-unsaturated/α-hetero) is 1. The molecule has 0 fully saturated rings. The summed E-state index contributed by atoms with van der Waals surface area (Å²) in [5, 5.41) is 38.7. The Morgan fingerprint density at radius 3 is 1.39 bits per heavy atom. The number of halogens is 1. The number of aromatic carboxylic acids is 1. The van der Waals surface area contributed by atoms with Crippen molar-refractivity contribution in [2.24, 2.45) is 23.3 Å². The van der Waals surface area contributed by atoms with Crippen molar-refractivity contribution in [3.05, 3.63) is 167 Å². The highest BCUT2D eigenvalue weighted by Crippen LogP contribution is 2.41. The maximum Gasteiger partial charge on any atom is 0.335 e. The van der Waals surface area contributed by atoms with E-state index in [1.165, 1.54) is 83.3 Å². The van der Waals surface area contributed by atoms with Crippen molar-refractivity contribution >= 4 is 65.0 Å². The number of nitrogens with two attached hydrogens (primary N) is 2. The number of nitrogens with one attached hydrogen (secondary N) is 2. The van der Waals surface area contributed by atoms with Crippen LogP contribution in [0.5, 0.6) is 11.5 Å². The molecule has 98 heavy (non-hydrogen) atoms. The van der Waals surface area contributed by atoms with Crippen LogP contribution >= 0.6 is 11.6 Å². The van der Waals surface area contributed by atoms with Gasteiger partial charge >= 0.3 is 29.8 Å². The fraction of sp³-hybridized carbons (Fsp3) is 0.408. The second-order valence-corrected chi connectivity index (χ2v) is 23.6. The van der Waals surface area contributed by atoms with E-state index in [0.717, 1.165) is 54.4 Å². The second-order valence-electron chi connectivity index (χ2n) is 23.6. The summed E-state index contributed by atoms with van der Waals surface area (Å²) in [5.41, 5.74) is 21.0. The molecule has 6 aromatic rings. The summed E-state index contributed by atoms with van der Waals surface area (Å²) in [7, 11) is 5.84. The van der Waals surface area contributed by atoms with Gasteiger partial charge in [0.1, 0.15) is 29.6 Å². The molecule has 6 aromatic carbocycles. The number of rotatable bonds is 23. The number of nitrogens with zero attached hydrogens (tertiary/aromatic N) is 1. The summed E-state index contributed by atoms with van der Waals surface area (Å²) >= 11 is 4.64. The number of aryl methyl sites for hydroxylation is 2. The van der Waals surface area contributed by atoms with Crippen molar-refractivity contribution in [2.45, 2.75) is 156 Å². The second kappa shape index (κ2) is 44.4. The summed E-state index contributed by atoms with van der Waals surface area (Å²) in [6.45, 7) is 14.2. The summed E-state index contributed by atoms with van der Waals surface area (Å²) in [6, 6.07) is 36.9. The molecule has 6 atom stereocenters. The maximum absolute atomic E-state index is 13.9. The standard InChI is InChI=1S/C31H41N3O7.C20H23NO3.C17H18O2.C4H8O2.C3H7NO2.CH3Cl.H2/c1-7-8-9-10-23(32)30(37)34(3)28-20-12-14-26(40-5)22(17-20)21-16-19(11-13-25(21)39-4)27(31(38)41-6)33-29(36)18(2)15-24(28)35;1-3-4-5-15-6-8-16(9-7-15)17-10-12-18(13-11-17)19(22)21-14(2)20(23)24;1-2-3-4-13-5-7-14(8-6-13)15-9-11-16(12-10-15)17(18)19;1-3(2)4(5)6;1-2(4)3(5)6;1-2;/h11-14,16-18,23,27-28H,7-10,15,32H2,1-6H3,(H,33,36);6-14H,3-5H2,1-2H3,(H,21,22)(H,23,24);5-12H,2-4H2,1H3,(H,18,19);3H,1-2H3,(H,5,6);2H,4H2,1H3,(H,5,6);1H3;1H/t18-,23+,27+,28+;14-;;;2-;;/m11..1../s1. The van der Waals surface area contributed by atoms with Crippen molar-refractivity contribution in [1.29, 1.82) is 0 Å². The lowest BCUT2D eigenvalue weighted by atomic mass is 9.91. The molecule has 0 aromatic heterocycles. The molecule has 1 aliphatic rings. The highest BCUT2D eigenvalue weighted by Gasteiger charge is 2.35. The Morgan fingerprint density at radius 1 is 0.602 bits per heavy atom. The Labute approximate surface area is 583 Å². The monoisotopic (exact) mass is 1380 g/mol. The molecule has 4 bridgehead atoms. The number of carbonyl (C=O) groups excluding carboxylic acids is 5. The third-order valence-corrected chi connectivity index (χ3v) is 15.6. The predicted octanol–water partition coefficient (Wildman–Crippen LogP) is 13.3. The number of amides is 3. The quantitative estimate of drug-likeness (QED) is 0.0168. The van der Waals surface area contributed by atoms with Crippen molar-refractivity contribution in [3.8, 4) is 44.9 Å². The topological polar surface area (TPSA) is 342 Å². The molecule has 1 heterocycles. The zero-order chi connectivity index (χ0) is 73.8. The summed E-state index contributed by atoms with van der Waals surface area (Å²) in [6.07, 6.45) is 11.6. The van der Waals surface area contributed by atoms with Gasteiger partial charge in [-0.05, 0) is 139 Å². The molecule has 22 heteroatoms. The van der Waals surface area contributed by atoms with Crippen molar-refractivity contribution in [2.75, 3.05) is 34.8 Å². The first-order valence-electron chi connectivity index (χ1n) is 32.6. The Bertz CT molecular complexity index is 3500. The number of carboxylic acid groups (broad SMARTS) is 4. The molecular weight excluding hydrogens is 1270 g/mol. The van der Waals surface area contributed by atoms with Gasteiger partial charge in [0.25, 0.3) is 5.91 Å². The first kappa shape index (κ1) is 84.6. The van der Waals surface area contributed by atoms with E-state index in [0.29, 0.717) is 51.3 Å². The SMILES string of the molecule is CC(C)C(=O)O.CCCCC[C@H](N)C(=O)N(C)[C@@H]1C(=O)C[C@@H](C)C(=O)N[C@H](C(=O)OC)c2ccc(OC)c(c2)-c2cc1ccc2OC.CCCCc1ccc(-c2ccc(C(=O)N[C@H](C)C(=O)O)cc2)cc1.CCCCc1ccc(-c2ccc(C(=O)O)cc2)cc1.CCl.C[C@@H](N)C(=O)O.[HH]. The number of ketones is 1. The number of carbonyl (C=O) groups is 9. The first-order valence-corrected chi connectivity index (χ1v) is 33.4. The normalized spacial score (nSPS) is 14.5. The number of unbranched alkanes of at least 4 members (excludes halogenated alkanes) is 4. The van der Waals surface area contributed by atoms with Crippen LogP contribution in [-0.2, 0) is 51.1 Å². The van der Waals surface area contributed by atoms with Crippen molar-refractivity contribution < 1.29 is 79.2 Å². The van der Waals surface area contributed by atoms with Gasteiger partial charge in [0.05, 0.1) is 38.9 Å². The molecule has 1 aliphatic heterocycles. The Morgan fingerprint density at radius 2 is 1.01 bits per heavy atom. The number of methoxy groups -OCH3 is 3. The largest absolute Gasteiger partial charge is 0.496 e. The summed E-state index contributed by atoms with van der Waals surface area (Å²) in [5.74, 6) is -5.95. The van der Waals surface area contributed by atoms with Gasteiger partial charge in [0.15, 0.2) is 11.8 Å². The number of alkyl halides is 1. The molecular formula is C76H102ClN5O16. The minimum atomic E-state index is -1.12. The average molecular weight is 1380 g/mol. The number of carboxylic acids is 4. The smallest absolute Gasteiger partial charge is 0.335 e. The Hall–Kier alpha value is -9.44. The van der Waals surface area contributed by atoms with Gasteiger partial charge < -0.3 is 61.6 Å². The van der Waals surface area contributed by atoms with Crippen LogP contribution in [0.15, 0.2) is 133 Å². The molecule has 0 aliphatic carbocycles. The van der Waals surface area contributed by atoms with E-state index < -0.39 is 71.9 Å². The fourth-order valence-corrected chi connectivity index (χ4v) is 9.61. The lowest BCUT2D eigenvalue weighted by Crippen LogP contribution is -2.46. The minimum Gasteiger partial charge on any atom is -0.496 e. The van der Waals surface area contributed by atoms with Crippen LogP contribution in [0.2, 0.25) is 0 Å². The van der Waals surface area contributed by atoms with Crippen LogP contribution < -0.4 is 31.6 Å². The van der Waals surface area contributed by atoms with Gasteiger partial charge in [-0.15, -0.1) is 11.6 Å². The van der Waals surface area contributed by atoms with Crippen LogP contribution in [0.4, 0.5) is 0 Å². The van der Waals surface area contributed by atoms with Gasteiger partial charge in [-0.25, -0.2) is 9.59 Å². The van der Waals surface area contributed by atoms with Crippen LogP contribution in [-0.4, -0.2) is 132 Å². The summed E-state index contributed by atoms with van der Waals surface area (Å²) in [4.78, 5) is 108. The molecule has 0 unspecified atom stereocenters. The molecule has 10 N–H and O–H groups in total. The number of aliphatic carboxylic acids is 3. The molecule has 7 rings (SSSR count). The van der Waals surface area contributed by atoms with Gasteiger partial charge in [-0.3, -0.25) is 33.6 Å². The zero-order valence-electron chi connectivity index (χ0n) is 58.7. The lowest BCUT2D eigenvalue weighted by Gasteiger charge is -2.31. The molecule has 0 saturated carbocycles. The first-order chi connectivity index (χ1) is 46.6. The summed E-state index contributed by atoms with van der Waals surface area (Å²) < 4.78 is 16.3. The zero-order valence-corrected chi connectivity index (χ0v) is 59.4. The molecule has 534 valence electrons. The predicted molar refractivity (Wildman–Crippen MR) is 384 cm³/mol. The van der Waals surface area contributed by atoms with E-state index in [-0.39, 0.29) is 31.4 Å². The third kappa shape index (κ3) is 27.6. The van der Waals surface area contributed by atoms with Crippen LogP contribution in [0.1, 0.15) is 170 Å². The number of esters is 1. The lowest BCUT2D eigenvalue weighted by molar-refractivity contribution is -0.146. The number of ether oxygens (including phenoxy) is 3. The number of likely N-dealkylation sites (N-methyl/N-ethyl adjacent to an activating group) is 1. The third-order valence-electron chi connectivity index (χ3n) is 15.6. The fourth-order valence-electron chi connectivity index (χ4n) is 9.61. The van der Waals surface area contributed by atoms with E-state index in [1.807, 2.05) is 24.3 Å². The number of fused-ring (bicyclic) bond motifs is 5. The highest BCUT2D eigenvalue weighted by atomic mass is 35.5. The maximum atomic E-state index is 13.9. The molecule has 21 nitrogen and oxygen atoms in total. The van der Waals surface area contributed by atoms with Gasteiger partial charge in [-0.1, -0.05) is 159 Å². The van der Waals surface area contributed by atoms with E-state index in [2.05, 4.69) is 91.5 Å². The van der Waals surface area contributed by atoms with Gasteiger partial charge in [0, 0.05) is 43.9 Å². The number of hydrogen-bond donors (Lipinski definition) is 8. The van der Waals surface area contributed by atoms with Crippen molar-refractivity contribution in [3.63, 3.8) is 0 Å². The number of hydrogen-bond acceptors (Lipinski definition) is 14. The number of benzene rings is 6. The van der Waals surface area contributed by atoms with E-state index in [9.17, 15) is 43.2 Å². The molecule has 0 radical (unpaired) electrons. The van der Waals surface area contributed by atoms with E-state index in [1.54, 1.807) is 88.5 Å².